The minimum atomic E-state index is 0.0367. The van der Waals surface area contributed by atoms with Crippen molar-refractivity contribution in [3.05, 3.63) is 138 Å². The molecule has 168 valence electrons. The molecule has 0 fully saturated rings. The van der Waals surface area contributed by atoms with E-state index in [1.54, 1.807) is 0 Å². The fourth-order valence-electron chi connectivity index (χ4n) is 6.08. The molecule has 0 amide bonds. The van der Waals surface area contributed by atoms with E-state index in [9.17, 15) is 0 Å². The molecule has 35 heavy (non-hydrogen) atoms. The van der Waals surface area contributed by atoms with Crippen LogP contribution in [0.1, 0.15) is 36.1 Å². The molecule has 1 aliphatic carbocycles. The zero-order valence-corrected chi connectivity index (χ0v) is 20.1. The second kappa shape index (κ2) is 7.45. The lowest BCUT2D eigenvalue weighted by Crippen LogP contribution is -2.15. The summed E-state index contributed by atoms with van der Waals surface area (Å²) in [7, 11) is 0. The van der Waals surface area contributed by atoms with Crippen molar-refractivity contribution in [2.45, 2.75) is 25.7 Å². The first-order valence-electron chi connectivity index (χ1n) is 12.4. The molecule has 0 spiro atoms. The number of nitrogens with zero attached hydrogens (tertiary/aromatic N) is 1. The van der Waals surface area contributed by atoms with E-state index in [0.29, 0.717) is 0 Å². The largest absolute Gasteiger partial charge is 0.309 e. The van der Waals surface area contributed by atoms with E-state index in [-0.39, 0.29) is 5.41 Å². The summed E-state index contributed by atoms with van der Waals surface area (Å²) in [6, 6.07) is 42.3. The van der Waals surface area contributed by atoms with Gasteiger partial charge in [-0.15, -0.1) is 0 Å². The number of para-hydroxylation sites is 2. The lowest BCUT2D eigenvalue weighted by Gasteiger charge is -2.22. The molecule has 0 N–H and O–H groups in total. The van der Waals surface area contributed by atoms with Gasteiger partial charge in [-0.2, -0.15) is 0 Å². The standard InChI is InChI=1S/C34H27N/c1-34(2)30-14-8-6-12-26(30)27-18-16-24(22-31(27)34)20-23-17-19-33-29(21-23)28-13-7-9-15-32(28)35(33)25-10-4-3-5-11-25/h3-19,21-22H,20H2,1-2H3. The van der Waals surface area contributed by atoms with Crippen LogP contribution in [0, 0.1) is 0 Å². The van der Waals surface area contributed by atoms with Crippen molar-refractivity contribution in [1.29, 1.82) is 0 Å². The summed E-state index contributed by atoms with van der Waals surface area (Å²) in [5.74, 6) is 0. The highest BCUT2D eigenvalue weighted by Gasteiger charge is 2.35. The molecular weight excluding hydrogens is 422 g/mol. The molecular formula is C34H27N. The molecule has 1 aliphatic rings. The van der Waals surface area contributed by atoms with Gasteiger partial charge in [-0.1, -0.05) is 98.8 Å². The average molecular weight is 450 g/mol. The maximum atomic E-state index is 2.44. The summed E-state index contributed by atoms with van der Waals surface area (Å²) < 4.78 is 2.38. The first-order valence-corrected chi connectivity index (χ1v) is 12.4. The fourth-order valence-corrected chi connectivity index (χ4v) is 6.08. The van der Waals surface area contributed by atoms with Gasteiger partial charge >= 0.3 is 0 Å². The van der Waals surface area contributed by atoms with Crippen LogP contribution >= 0.6 is 0 Å². The van der Waals surface area contributed by atoms with Crippen LogP contribution in [-0.4, -0.2) is 4.57 Å². The first-order chi connectivity index (χ1) is 17.1. The zero-order valence-electron chi connectivity index (χ0n) is 20.1. The summed E-state index contributed by atoms with van der Waals surface area (Å²) in [6.45, 7) is 4.71. The number of hydrogen-bond donors (Lipinski definition) is 0. The van der Waals surface area contributed by atoms with Crippen LogP contribution in [-0.2, 0) is 11.8 Å². The van der Waals surface area contributed by atoms with Crippen LogP contribution in [0.25, 0.3) is 38.6 Å². The van der Waals surface area contributed by atoms with Crippen molar-refractivity contribution in [2.24, 2.45) is 0 Å². The molecule has 0 aliphatic heterocycles. The van der Waals surface area contributed by atoms with Gasteiger partial charge < -0.3 is 4.57 Å². The van der Waals surface area contributed by atoms with E-state index < -0.39 is 0 Å². The Labute approximate surface area is 206 Å². The molecule has 0 atom stereocenters. The fraction of sp³-hybridized carbons (Fsp3) is 0.118. The monoisotopic (exact) mass is 449 g/mol. The van der Waals surface area contributed by atoms with Crippen LogP contribution in [0.15, 0.2) is 115 Å². The molecule has 1 nitrogen and oxygen atoms in total. The van der Waals surface area contributed by atoms with Gasteiger partial charge in [0.1, 0.15) is 0 Å². The molecule has 0 saturated heterocycles. The van der Waals surface area contributed by atoms with Crippen LogP contribution in [0.2, 0.25) is 0 Å². The van der Waals surface area contributed by atoms with Gasteiger partial charge in [0.2, 0.25) is 0 Å². The van der Waals surface area contributed by atoms with Crippen molar-refractivity contribution in [1.82, 2.24) is 4.57 Å². The van der Waals surface area contributed by atoms with E-state index in [4.69, 9.17) is 0 Å². The Hall–Kier alpha value is -4.10. The minimum absolute atomic E-state index is 0.0367. The maximum Gasteiger partial charge on any atom is 0.0541 e. The van der Waals surface area contributed by atoms with Crippen molar-refractivity contribution in [2.75, 3.05) is 0 Å². The minimum Gasteiger partial charge on any atom is -0.309 e. The molecule has 1 aromatic heterocycles. The number of aromatic nitrogens is 1. The number of benzene rings is 5. The van der Waals surface area contributed by atoms with Gasteiger partial charge in [0.25, 0.3) is 0 Å². The van der Waals surface area contributed by atoms with Gasteiger partial charge in [0.15, 0.2) is 0 Å². The highest BCUT2D eigenvalue weighted by Crippen LogP contribution is 2.48. The Balaban J connectivity index is 1.33. The normalized spacial score (nSPS) is 13.8. The lowest BCUT2D eigenvalue weighted by molar-refractivity contribution is 0.659. The van der Waals surface area contributed by atoms with Crippen LogP contribution < -0.4 is 0 Å². The SMILES string of the molecule is CC1(C)c2ccccc2-c2ccc(Cc3ccc4c(c3)c3ccccc3n4-c3ccccc3)cc21. The quantitative estimate of drug-likeness (QED) is 0.255. The van der Waals surface area contributed by atoms with Gasteiger partial charge in [0.05, 0.1) is 11.0 Å². The molecule has 0 bridgehead atoms. The summed E-state index contributed by atoms with van der Waals surface area (Å²) >= 11 is 0. The van der Waals surface area contributed by atoms with E-state index >= 15 is 0 Å². The summed E-state index contributed by atoms with van der Waals surface area (Å²) in [4.78, 5) is 0. The molecule has 5 aromatic carbocycles. The Morgan fingerprint density at radius 3 is 2.09 bits per heavy atom. The summed E-state index contributed by atoms with van der Waals surface area (Å²) in [6.07, 6.45) is 0.931. The van der Waals surface area contributed by atoms with E-state index in [0.717, 1.165) is 6.42 Å². The van der Waals surface area contributed by atoms with Gasteiger partial charge in [0, 0.05) is 21.9 Å². The molecule has 0 radical (unpaired) electrons. The smallest absolute Gasteiger partial charge is 0.0541 e. The van der Waals surface area contributed by atoms with Crippen LogP contribution in [0.4, 0.5) is 0 Å². The average Bonchev–Trinajstić information content (AvgIpc) is 3.34. The predicted octanol–water partition coefficient (Wildman–Crippen LogP) is 8.68. The van der Waals surface area contributed by atoms with Crippen LogP contribution in [0.5, 0.6) is 0 Å². The number of fused-ring (bicyclic) bond motifs is 6. The Kier molecular flexibility index (Phi) is 4.32. The second-order valence-corrected chi connectivity index (χ2v) is 10.3. The molecule has 0 unspecified atom stereocenters. The maximum absolute atomic E-state index is 2.44. The van der Waals surface area contributed by atoms with Gasteiger partial charge in [-0.3, -0.25) is 0 Å². The Morgan fingerprint density at radius 2 is 1.20 bits per heavy atom. The van der Waals surface area contributed by atoms with E-state index in [2.05, 4.69) is 134 Å². The van der Waals surface area contributed by atoms with Crippen molar-refractivity contribution < 1.29 is 0 Å². The predicted molar refractivity (Wildman–Crippen MR) is 148 cm³/mol. The van der Waals surface area contributed by atoms with Gasteiger partial charge in [-0.05, 0) is 70.1 Å². The van der Waals surface area contributed by atoms with Gasteiger partial charge in [-0.25, -0.2) is 0 Å². The highest BCUT2D eigenvalue weighted by molar-refractivity contribution is 6.09. The van der Waals surface area contributed by atoms with Crippen molar-refractivity contribution in [3.63, 3.8) is 0 Å². The molecule has 1 heterocycles. The summed E-state index contributed by atoms with van der Waals surface area (Å²) in [5.41, 5.74) is 12.1. The summed E-state index contributed by atoms with van der Waals surface area (Å²) in [5, 5.41) is 2.62. The third-order valence-electron chi connectivity index (χ3n) is 7.81. The molecule has 7 rings (SSSR count). The number of rotatable bonds is 3. The molecule has 1 heteroatoms. The Bertz CT molecular complexity index is 1730. The first kappa shape index (κ1) is 20.3. The highest BCUT2D eigenvalue weighted by atomic mass is 15.0. The van der Waals surface area contributed by atoms with Crippen LogP contribution in [0.3, 0.4) is 0 Å². The third-order valence-corrected chi connectivity index (χ3v) is 7.81. The van der Waals surface area contributed by atoms with Crippen molar-refractivity contribution in [3.8, 4) is 16.8 Å². The Morgan fingerprint density at radius 1 is 0.543 bits per heavy atom. The third kappa shape index (κ3) is 3.01. The number of hydrogen-bond acceptors (Lipinski definition) is 0. The second-order valence-electron chi connectivity index (χ2n) is 10.3. The van der Waals surface area contributed by atoms with E-state index in [1.165, 1.54) is 60.9 Å². The van der Waals surface area contributed by atoms with E-state index in [1.807, 2.05) is 0 Å². The molecule has 6 aromatic rings. The zero-order chi connectivity index (χ0) is 23.6. The topological polar surface area (TPSA) is 4.93 Å². The van der Waals surface area contributed by atoms with Crippen molar-refractivity contribution >= 4 is 21.8 Å². The lowest BCUT2D eigenvalue weighted by atomic mass is 9.81. The molecule has 0 saturated carbocycles.